The summed E-state index contributed by atoms with van der Waals surface area (Å²) in [7, 11) is -3.59. The Morgan fingerprint density at radius 1 is 1.56 bits per heavy atom. The Labute approximate surface area is 112 Å². The van der Waals surface area contributed by atoms with E-state index in [4.69, 9.17) is 18.0 Å². The number of thiocarbonyl (C=S) groups is 1. The van der Waals surface area contributed by atoms with Gasteiger partial charge in [-0.1, -0.05) is 26.1 Å². The molecule has 1 aromatic rings. The SMILES string of the molecule is CCC(NS(=O)(=O)C(CC)C(N)=S)c1ncc[nH]1. The van der Waals surface area contributed by atoms with Crippen molar-refractivity contribution in [3.8, 4) is 0 Å². The molecule has 0 aromatic carbocycles. The zero-order valence-corrected chi connectivity index (χ0v) is 12.0. The molecule has 4 N–H and O–H groups in total. The minimum Gasteiger partial charge on any atom is -0.392 e. The number of hydrogen-bond acceptors (Lipinski definition) is 4. The van der Waals surface area contributed by atoms with Crippen molar-refractivity contribution in [3.05, 3.63) is 18.2 Å². The van der Waals surface area contributed by atoms with Crippen molar-refractivity contribution in [2.75, 3.05) is 0 Å². The first kappa shape index (κ1) is 15.1. The standard InChI is InChI=1S/C10H18N4O2S2/c1-3-7(10-12-5-6-13-10)14-18(15,16)8(4-2)9(11)17/h5-8,14H,3-4H2,1-2H3,(H2,11,17)(H,12,13). The minimum atomic E-state index is -3.59. The maximum atomic E-state index is 12.1. The van der Waals surface area contributed by atoms with E-state index in [1.807, 2.05) is 6.92 Å². The van der Waals surface area contributed by atoms with Gasteiger partial charge in [-0.15, -0.1) is 0 Å². The summed E-state index contributed by atoms with van der Waals surface area (Å²) in [5, 5.41) is -0.850. The molecule has 0 saturated heterocycles. The molecule has 18 heavy (non-hydrogen) atoms. The van der Waals surface area contributed by atoms with Crippen molar-refractivity contribution >= 4 is 27.2 Å². The Kier molecular flexibility index (Phi) is 5.24. The van der Waals surface area contributed by atoms with E-state index in [1.54, 1.807) is 19.3 Å². The van der Waals surface area contributed by atoms with Gasteiger partial charge in [-0.25, -0.2) is 18.1 Å². The monoisotopic (exact) mass is 290 g/mol. The van der Waals surface area contributed by atoms with Crippen LogP contribution in [0.5, 0.6) is 0 Å². The summed E-state index contributed by atoms with van der Waals surface area (Å²) in [5.74, 6) is 0.582. The number of aromatic nitrogens is 2. The van der Waals surface area contributed by atoms with Crippen LogP contribution in [0, 0.1) is 0 Å². The lowest BCUT2D eigenvalue weighted by Gasteiger charge is -2.20. The van der Waals surface area contributed by atoms with E-state index in [9.17, 15) is 8.42 Å². The fraction of sp³-hybridized carbons (Fsp3) is 0.600. The number of nitrogens with zero attached hydrogens (tertiary/aromatic N) is 1. The van der Waals surface area contributed by atoms with E-state index < -0.39 is 21.3 Å². The van der Waals surface area contributed by atoms with Crippen molar-refractivity contribution in [2.24, 2.45) is 5.73 Å². The summed E-state index contributed by atoms with van der Waals surface area (Å²) in [6, 6.07) is -0.395. The third kappa shape index (κ3) is 3.50. The maximum absolute atomic E-state index is 12.1. The normalized spacial score (nSPS) is 15.2. The summed E-state index contributed by atoms with van der Waals surface area (Å²) in [4.78, 5) is 6.94. The van der Waals surface area contributed by atoms with Crippen LogP contribution in [0.25, 0.3) is 0 Å². The number of nitrogens with two attached hydrogens (primary N) is 1. The average molecular weight is 290 g/mol. The molecule has 0 aliphatic carbocycles. The molecule has 6 nitrogen and oxygen atoms in total. The van der Waals surface area contributed by atoms with Gasteiger partial charge in [-0.2, -0.15) is 0 Å². The first-order chi connectivity index (χ1) is 8.42. The molecule has 0 radical (unpaired) electrons. The molecule has 1 heterocycles. The van der Waals surface area contributed by atoms with Crippen LogP contribution in [0.3, 0.4) is 0 Å². The van der Waals surface area contributed by atoms with E-state index >= 15 is 0 Å². The van der Waals surface area contributed by atoms with Crippen LogP contribution in [0.2, 0.25) is 0 Å². The van der Waals surface area contributed by atoms with Crippen LogP contribution in [0.4, 0.5) is 0 Å². The highest BCUT2D eigenvalue weighted by Crippen LogP contribution is 2.16. The van der Waals surface area contributed by atoms with Crippen molar-refractivity contribution in [1.29, 1.82) is 0 Å². The van der Waals surface area contributed by atoms with Crippen molar-refractivity contribution in [2.45, 2.75) is 38.0 Å². The predicted molar refractivity (Wildman–Crippen MR) is 74.5 cm³/mol. The predicted octanol–water partition coefficient (Wildman–Crippen LogP) is 0.845. The number of aromatic amines is 1. The number of nitrogens with one attached hydrogen (secondary N) is 2. The van der Waals surface area contributed by atoms with Gasteiger partial charge in [0.05, 0.1) is 11.0 Å². The molecule has 1 rings (SSSR count). The Bertz CT molecular complexity index is 484. The van der Waals surface area contributed by atoms with Gasteiger partial charge in [0.25, 0.3) is 0 Å². The highest BCUT2D eigenvalue weighted by molar-refractivity contribution is 7.93. The number of sulfonamides is 1. The molecule has 1 aromatic heterocycles. The van der Waals surface area contributed by atoms with Gasteiger partial charge < -0.3 is 10.7 Å². The fourth-order valence-corrected chi connectivity index (χ4v) is 3.78. The summed E-state index contributed by atoms with van der Waals surface area (Å²) < 4.78 is 26.9. The summed E-state index contributed by atoms with van der Waals surface area (Å²) in [5.41, 5.74) is 5.46. The van der Waals surface area contributed by atoms with E-state index in [2.05, 4.69) is 14.7 Å². The molecule has 2 atom stereocenters. The Morgan fingerprint density at radius 2 is 2.22 bits per heavy atom. The fourth-order valence-electron chi connectivity index (χ4n) is 1.65. The third-order valence-electron chi connectivity index (χ3n) is 2.63. The molecule has 0 fully saturated rings. The Balaban J connectivity index is 2.90. The number of rotatable bonds is 7. The zero-order valence-electron chi connectivity index (χ0n) is 10.4. The van der Waals surface area contributed by atoms with Gasteiger partial charge in [0.15, 0.2) is 0 Å². The largest absolute Gasteiger partial charge is 0.392 e. The number of imidazole rings is 1. The molecule has 0 bridgehead atoms. The Hall–Kier alpha value is -0.990. The summed E-state index contributed by atoms with van der Waals surface area (Å²) in [6.07, 6.45) is 4.16. The van der Waals surface area contributed by atoms with Crippen molar-refractivity contribution < 1.29 is 8.42 Å². The lowest BCUT2D eigenvalue weighted by Crippen LogP contribution is -2.43. The van der Waals surface area contributed by atoms with Gasteiger partial charge >= 0.3 is 0 Å². The molecule has 2 unspecified atom stereocenters. The van der Waals surface area contributed by atoms with Crippen LogP contribution in [0.1, 0.15) is 38.6 Å². The first-order valence-electron chi connectivity index (χ1n) is 5.72. The van der Waals surface area contributed by atoms with E-state index in [0.29, 0.717) is 18.7 Å². The Morgan fingerprint density at radius 3 is 2.61 bits per heavy atom. The third-order valence-corrected chi connectivity index (χ3v) is 5.01. The topological polar surface area (TPSA) is 101 Å². The molecular formula is C10H18N4O2S2. The highest BCUT2D eigenvalue weighted by atomic mass is 32.2. The number of hydrogen-bond donors (Lipinski definition) is 3. The molecule has 0 aliphatic heterocycles. The van der Waals surface area contributed by atoms with Crippen LogP contribution in [0.15, 0.2) is 12.4 Å². The zero-order chi connectivity index (χ0) is 13.8. The molecular weight excluding hydrogens is 272 g/mol. The van der Waals surface area contributed by atoms with Gasteiger partial charge in [0, 0.05) is 12.4 Å². The summed E-state index contributed by atoms with van der Waals surface area (Å²) in [6.45, 7) is 3.61. The smallest absolute Gasteiger partial charge is 0.221 e. The lowest BCUT2D eigenvalue weighted by molar-refractivity contribution is 0.534. The average Bonchev–Trinajstić information content (AvgIpc) is 2.79. The molecule has 0 spiro atoms. The van der Waals surface area contributed by atoms with Crippen molar-refractivity contribution in [1.82, 2.24) is 14.7 Å². The van der Waals surface area contributed by atoms with E-state index in [1.165, 1.54) is 0 Å². The van der Waals surface area contributed by atoms with Crippen LogP contribution in [-0.2, 0) is 10.0 Å². The van der Waals surface area contributed by atoms with Crippen LogP contribution >= 0.6 is 12.2 Å². The second-order valence-corrected chi connectivity index (χ2v) is 6.26. The number of H-pyrrole nitrogens is 1. The first-order valence-corrected chi connectivity index (χ1v) is 7.67. The molecule has 8 heteroatoms. The second kappa shape index (κ2) is 6.26. The van der Waals surface area contributed by atoms with Gasteiger partial charge in [-0.3, -0.25) is 0 Å². The molecule has 0 saturated carbocycles. The molecule has 0 aliphatic rings. The van der Waals surface area contributed by atoms with E-state index in [0.717, 1.165) is 0 Å². The van der Waals surface area contributed by atoms with Gasteiger partial charge in [0.1, 0.15) is 11.1 Å². The van der Waals surface area contributed by atoms with Crippen LogP contribution < -0.4 is 10.5 Å². The quantitative estimate of drug-likeness (QED) is 0.646. The molecule has 102 valence electrons. The highest BCUT2D eigenvalue weighted by Gasteiger charge is 2.29. The lowest BCUT2D eigenvalue weighted by atomic mass is 10.2. The van der Waals surface area contributed by atoms with Gasteiger partial charge in [0.2, 0.25) is 10.0 Å². The second-order valence-electron chi connectivity index (χ2n) is 3.90. The van der Waals surface area contributed by atoms with Crippen LogP contribution in [-0.4, -0.2) is 28.6 Å². The van der Waals surface area contributed by atoms with Crippen molar-refractivity contribution in [3.63, 3.8) is 0 Å². The summed E-state index contributed by atoms with van der Waals surface area (Å²) >= 11 is 4.79. The maximum Gasteiger partial charge on any atom is 0.221 e. The van der Waals surface area contributed by atoms with Gasteiger partial charge in [-0.05, 0) is 12.8 Å². The minimum absolute atomic E-state index is 0.0145. The molecule has 0 amide bonds. The van der Waals surface area contributed by atoms with E-state index in [-0.39, 0.29) is 4.99 Å².